The molecular formula is C27H37N3O3. The van der Waals surface area contributed by atoms with E-state index in [1.165, 1.54) is 29.2 Å². The zero-order chi connectivity index (χ0) is 23.4. The van der Waals surface area contributed by atoms with Crippen molar-refractivity contribution in [1.29, 1.82) is 0 Å². The molecule has 2 fully saturated rings. The van der Waals surface area contributed by atoms with Gasteiger partial charge in [0.2, 0.25) is 5.91 Å². The summed E-state index contributed by atoms with van der Waals surface area (Å²) in [6, 6.07) is 15.6. The first-order valence-corrected chi connectivity index (χ1v) is 12.3. The summed E-state index contributed by atoms with van der Waals surface area (Å²) in [5.74, 6) is 0.185. The molecule has 2 aliphatic rings. The molecule has 2 amide bonds. The van der Waals surface area contributed by atoms with Gasteiger partial charge in [-0.25, -0.2) is 4.79 Å². The number of fused-ring (bicyclic) bond motifs is 1. The van der Waals surface area contributed by atoms with Gasteiger partial charge >= 0.3 is 6.09 Å². The monoisotopic (exact) mass is 451 g/mol. The molecule has 6 nitrogen and oxygen atoms in total. The number of hydrogen-bond donors (Lipinski definition) is 0. The largest absolute Gasteiger partial charge is 0.444 e. The second-order valence-electron chi connectivity index (χ2n) is 10.3. The molecule has 4 rings (SSSR count). The lowest BCUT2D eigenvalue weighted by Crippen LogP contribution is -2.40. The van der Waals surface area contributed by atoms with Crippen LogP contribution in [0.25, 0.3) is 10.8 Å². The van der Waals surface area contributed by atoms with Crippen LogP contribution in [0.1, 0.15) is 52.0 Å². The second-order valence-corrected chi connectivity index (χ2v) is 10.3. The van der Waals surface area contributed by atoms with Crippen molar-refractivity contribution in [3.63, 3.8) is 0 Å². The van der Waals surface area contributed by atoms with E-state index in [1.54, 1.807) is 4.90 Å². The third kappa shape index (κ3) is 6.47. The quantitative estimate of drug-likeness (QED) is 0.641. The van der Waals surface area contributed by atoms with Gasteiger partial charge in [-0.05, 0) is 56.4 Å². The predicted molar refractivity (Wildman–Crippen MR) is 131 cm³/mol. The van der Waals surface area contributed by atoms with Crippen LogP contribution < -0.4 is 0 Å². The molecule has 0 unspecified atom stereocenters. The van der Waals surface area contributed by atoms with Crippen LogP contribution in [0.4, 0.5) is 4.79 Å². The molecule has 1 saturated carbocycles. The fourth-order valence-corrected chi connectivity index (χ4v) is 4.55. The van der Waals surface area contributed by atoms with Gasteiger partial charge in [-0.2, -0.15) is 0 Å². The molecule has 1 saturated heterocycles. The normalized spacial score (nSPS) is 17.3. The van der Waals surface area contributed by atoms with Crippen molar-refractivity contribution in [3.05, 3.63) is 48.0 Å². The Bertz CT molecular complexity index is 975. The van der Waals surface area contributed by atoms with Gasteiger partial charge in [0.1, 0.15) is 5.60 Å². The molecule has 178 valence electrons. The van der Waals surface area contributed by atoms with Gasteiger partial charge in [-0.1, -0.05) is 42.5 Å². The zero-order valence-electron chi connectivity index (χ0n) is 20.3. The van der Waals surface area contributed by atoms with Crippen LogP contribution in [0.3, 0.4) is 0 Å². The molecule has 0 atom stereocenters. The lowest BCUT2D eigenvalue weighted by Gasteiger charge is -2.27. The van der Waals surface area contributed by atoms with E-state index in [9.17, 15) is 9.59 Å². The topological polar surface area (TPSA) is 53.1 Å². The van der Waals surface area contributed by atoms with E-state index in [0.29, 0.717) is 38.6 Å². The van der Waals surface area contributed by atoms with Crippen LogP contribution >= 0.6 is 0 Å². The molecular weight excluding hydrogens is 414 g/mol. The molecule has 0 spiro atoms. The van der Waals surface area contributed by atoms with E-state index in [0.717, 1.165) is 19.5 Å². The van der Waals surface area contributed by atoms with Crippen LogP contribution in [0.5, 0.6) is 0 Å². The number of amides is 2. The molecule has 1 aliphatic heterocycles. The number of carbonyl (C=O) groups is 2. The summed E-state index contributed by atoms with van der Waals surface area (Å²) in [7, 11) is 0. The highest BCUT2D eigenvalue weighted by Crippen LogP contribution is 2.30. The molecule has 0 N–H and O–H groups in total. The summed E-state index contributed by atoms with van der Waals surface area (Å²) in [6.07, 6.45) is 3.45. The highest BCUT2D eigenvalue weighted by molar-refractivity contribution is 5.85. The Morgan fingerprint density at radius 3 is 2.42 bits per heavy atom. The van der Waals surface area contributed by atoms with Crippen molar-refractivity contribution in [2.24, 2.45) is 0 Å². The maximum absolute atomic E-state index is 13.0. The van der Waals surface area contributed by atoms with Crippen molar-refractivity contribution in [2.45, 2.75) is 64.6 Å². The minimum absolute atomic E-state index is 0.185. The van der Waals surface area contributed by atoms with E-state index in [2.05, 4.69) is 47.4 Å². The van der Waals surface area contributed by atoms with Crippen molar-refractivity contribution >= 4 is 22.8 Å². The Balaban J connectivity index is 1.32. The summed E-state index contributed by atoms with van der Waals surface area (Å²) in [4.78, 5) is 31.6. The van der Waals surface area contributed by atoms with Crippen LogP contribution in [0, 0.1) is 0 Å². The van der Waals surface area contributed by atoms with Crippen LogP contribution in [0.15, 0.2) is 42.5 Å². The average Bonchev–Trinajstić information content (AvgIpc) is 3.62. The summed E-state index contributed by atoms with van der Waals surface area (Å²) in [5.41, 5.74) is 0.824. The standard InChI is InChI=1S/C27H37N3O3/c1-27(2,3)33-26(32)29-16-7-15-28(18-19-29)25(31)14-17-30(23-12-13-23)20-22-10-6-9-21-8-4-5-11-24(21)22/h4-6,8-11,23H,7,12-20H2,1-3H3. The lowest BCUT2D eigenvalue weighted by atomic mass is 10.0. The van der Waals surface area contributed by atoms with Gasteiger partial charge in [0.05, 0.1) is 0 Å². The van der Waals surface area contributed by atoms with Gasteiger partial charge in [0.15, 0.2) is 0 Å². The number of hydrogen-bond acceptors (Lipinski definition) is 4. The molecule has 2 aromatic rings. The summed E-state index contributed by atoms with van der Waals surface area (Å²) in [5, 5.41) is 2.56. The molecule has 1 aliphatic carbocycles. The van der Waals surface area contributed by atoms with Crippen LogP contribution in [-0.4, -0.2) is 71.1 Å². The minimum atomic E-state index is -0.505. The van der Waals surface area contributed by atoms with E-state index in [4.69, 9.17) is 4.74 Å². The average molecular weight is 452 g/mol. The zero-order valence-corrected chi connectivity index (χ0v) is 20.3. The van der Waals surface area contributed by atoms with Gasteiger partial charge < -0.3 is 14.5 Å². The Hall–Kier alpha value is -2.60. The molecule has 0 aromatic heterocycles. The molecule has 0 radical (unpaired) electrons. The second kappa shape index (κ2) is 10.1. The SMILES string of the molecule is CC(C)(C)OC(=O)N1CCCN(C(=O)CCN(Cc2cccc3ccccc23)C2CC2)CC1. The molecule has 2 aromatic carbocycles. The first-order valence-electron chi connectivity index (χ1n) is 12.3. The Morgan fingerprint density at radius 2 is 1.67 bits per heavy atom. The van der Waals surface area contributed by atoms with Crippen molar-refractivity contribution in [3.8, 4) is 0 Å². The summed E-state index contributed by atoms with van der Waals surface area (Å²) >= 11 is 0. The predicted octanol–water partition coefficient (Wildman–Crippen LogP) is 4.66. The fourth-order valence-electron chi connectivity index (χ4n) is 4.55. The van der Waals surface area contributed by atoms with Crippen LogP contribution in [0.2, 0.25) is 0 Å². The van der Waals surface area contributed by atoms with E-state index in [-0.39, 0.29) is 12.0 Å². The van der Waals surface area contributed by atoms with Gasteiger partial charge in [-0.3, -0.25) is 9.69 Å². The third-order valence-corrected chi connectivity index (χ3v) is 6.43. The summed E-state index contributed by atoms with van der Waals surface area (Å²) < 4.78 is 5.50. The number of rotatable bonds is 6. The molecule has 6 heteroatoms. The molecule has 33 heavy (non-hydrogen) atoms. The van der Waals surface area contributed by atoms with Crippen molar-refractivity contribution in [2.75, 3.05) is 32.7 Å². The maximum atomic E-state index is 13.0. The van der Waals surface area contributed by atoms with Gasteiger partial charge in [0.25, 0.3) is 0 Å². The van der Waals surface area contributed by atoms with Crippen molar-refractivity contribution < 1.29 is 14.3 Å². The Labute approximate surface area is 197 Å². The number of benzene rings is 2. The van der Waals surface area contributed by atoms with E-state index < -0.39 is 5.60 Å². The van der Waals surface area contributed by atoms with Crippen LogP contribution in [-0.2, 0) is 16.1 Å². The summed E-state index contributed by atoms with van der Waals surface area (Å²) in [6.45, 7) is 9.73. The lowest BCUT2D eigenvalue weighted by molar-refractivity contribution is -0.131. The number of nitrogens with zero attached hydrogens (tertiary/aromatic N) is 3. The van der Waals surface area contributed by atoms with Gasteiger partial charge in [-0.15, -0.1) is 0 Å². The smallest absolute Gasteiger partial charge is 0.410 e. The van der Waals surface area contributed by atoms with Crippen molar-refractivity contribution in [1.82, 2.24) is 14.7 Å². The molecule has 0 bridgehead atoms. The number of ether oxygens (including phenoxy) is 1. The first-order chi connectivity index (χ1) is 15.8. The highest BCUT2D eigenvalue weighted by atomic mass is 16.6. The third-order valence-electron chi connectivity index (χ3n) is 6.43. The van der Waals surface area contributed by atoms with Gasteiger partial charge in [0, 0.05) is 51.7 Å². The fraction of sp³-hybridized carbons (Fsp3) is 0.556. The first kappa shape index (κ1) is 23.6. The molecule has 1 heterocycles. The maximum Gasteiger partial charge on any atom is 0.410 e. The van der Waals surface area contributed by atoms with E-state index in [1.807, 2.05) is 25.7 Å². The highest BCUT2D eigenvalue weighted by Gasteiger charge is 2.30. The van der Waals surface area contributed by atoms with E-state index >= 15 is 0 Å². The Morgan fingerprint density at radius 1 is 0.970 bits per heavy atom. The number of carbonyl (C=O) groups excluding carboxylic acids is 2. The Kier molecular flexibility index (Phi) is 7.23. The minimum Gasteiger partial charge on any atom is -0.444 e.